The van der Waals surface area contributed by atoms with Crippen LogP contribution in [0.15, 0.2) is 30.3 Å². The van der Waals surface area contributed by atoms with Crippen molar-refractivity contribution in [1.29, 1.82) is 0 Å². The molecule has 2 atom stereocenters. The lowest BCUT2D eigenvalue weighted by atomic mass is 9.74. The number of amides is 2. The fraction of sp³-hybridized carbons (Fsp3) is 0.652. The van der Waals surface area contributed by atoms with E-state index in [1.165, 1.54) is 0 Å². The molecule has 1 aromatic rings. The Hall–Kier alpha value is -1.59. The molecule has 0 aromatic heterocycles. The highest BCUT2D eigenvalue weighted by molar-refractivity contribution is 5.88. The summed E-state index contributed by atoms with van der Waals surface area (Å²) in [5.74, 6) is 0.698. The lowest BCUT2D eigenvalue weighted by Gasteiger charge is -2.40. The van der Waals surface area contributed by atoms with Crippen LogP contribution in [0.5, 0.6) is 0 Å². The quantitative estimate of drug-likeness (QED) is 0.710. The predicted octanol–water partition coefficient (Wildman–Crippen LogP) is 3.27. The van der Waals surface area contributed by atoms with Crippen LogP contribution in [0.2, 0.25) is 0 Å². The number of nitrogens with one attached hydrogen (secondary N) is 2. The summed E-state index contributed by atoms with van der Waals surface area (Å²) in [6.45, 7) is 7.39. The minimum absolute atomic E-state index is 0. The molecule has 162 valence electrons. The van der Waals surface area contributed by atoms with E-state index < -0.39 is 5.41 Å². The minimum atomic E-state index is -0.444. The van der Waals surface area contributed by atoms with Crippen LogP contribution in [-0.4, -0.2) is 48.9 Å². The van der Waals surface area contributed by atoms with Crippen molar-refractivity contribution in [3.05, 3.63) is 35.9 Å². The van der Waals surface area contributed by atoms with Gasteiger partial charge in [-0.05, 0) is 56.6 Å². The number of hydrogen-bond donors (Lipinski definition) is 2. The Morgan fingerprint density at radius 1 is 1.14 bits per heavy atom. The average Bonchev–Trinajstić information content (AvgIpc) is 3.29. The lowest BCUT2D eigenvalue weighted by molar-refractivity contribution is -0.139. The van der Waals surface area contributed by atoms with Crippen LogP contribution in [0.3, 0.4) is 0 Å². The topological polar surface area (TPSA) is 61.4 Å². The number of carbonyl (C=O) groups excluding carboxylic acids is 2. The predicted molar refractivity (Wildman–Crippen MR) is 119 cm³/mol. The summed E-state index contributed by atoms with van der Waals surface area (Å²) >= 11 is 0. The number of piperidine rings is 1. The van der Waals surface area contributed by atoms with Gasteiger partial charge in [0.2, 0.25) is 11.8 Å². The second kappa shape index (κ2) is 11.0. The van der Waals surface area contributed by atoms with Gasteiger partial charge in [0, 0.05) is 19.6 Å². The molecule has 29 heavy (non-hydrogen) atoms. The molecule has 2 unspecified atom stereocenters. The zero-order valence-electron chi connectivity index (χ0n) is 17.8. The van der Waals surface area contributed by atoms with Gasteiger partial charge in [0.1, 0.15) is 0 Å². The van der Waals surface area contributed by atoms with E-state index in [-0.39, 0.29) is 30.3 Å². The molecule has 2 amide bonds. The van der Waals surface area contributed by atoms with E-state index in [2.05, 4.69) is 36.6 Å². The van der Waals surface area contributed by atoms with Gasteiger partial charge in [-0.2, -0.15) is 0 Å². The summed E-state index contributed by atoms with van der Waals surface area (Å²) in [5.41, 5.74) is 0.674. The van der Waals surface area contributed by atoms with Gasteiger partial charge in [0.05, 0.1) is 11.5 Å². The molecule has 0 bridgehead atoms. The Labute approximate surface area is 181 Å². The normalized spacial score (nSPS) is 22.1. The van der Waals surface area contributed by atoms with Crippen molar-refractivity contribution >= 4 is 24.2 Å². The van der Waals surface area contributed by atoms with Gasteiger partial charge in [-0.1, -0.05) is 44.2 Å². The van der Waals surface area contributed by atoms with Gasteiger partial charge in [-0.15, -0.1) is 12.4 Å². The largest absolute Gasteiger partial charge is 0.354 e. The van der Waals surface area contributed by atoms with E-state index >= 15 is 0 Å². The molecule has 0 radical (unpaired) electrons. The first kappa shape index (κ1) is 23.7. The molecule has 3 rings (SSSR count). The Morgan fingerprint density at radius 3 is 2.48 bits per heavy atom. The smallest absolute Gasteiger partial charge is 0.237 e. The second-order valence-corrected chi connectivity index (χ2v) is 8.31. The monoisotopic (exact) mass is 421 g/mol. The van der Waals surface area contributed by atoms with Crippen LogP contribution in [0.25, 0.3) is 0 Å². The van der Waals surface area contributed by atoms with Crippen molar-refractivity contribution in [2.75, 3.05) is 26.2 Å². The fourth-order valence-corrected chi connectivity index (χ4v) is 4.84. The molecule has 0 aliphatic carbocycles. The van der Waals surface area contributed by atoms with Gasteiger partial charge in [0.15, 0.2) is 0 Å². The van der Waals surface area contributed by atoms with E-state index in [1.54, 1.807) is 0 Å². The van der Waals surface area contributed by atoms with Gasteiger partial charge in [-0.25, -0.2) is 0 Å². The van der Waals surface area contributed by atoms with Crippen LogP contribution in [0.1, 0.15) is 57.9 Å². The summed E-state index contributed by atoms with van der Waals surface area (Å²) in [4.78, 5) is 27.9. The lowest BCUT2D eigenvalue weighted by Crippen LogP contribution is -2.52. The van der Waals surface area contributed by atoms with E-state index in [4.69, 9.17) is 0 Å². The molecule has 2 fully saturated rings. The molecule has 2 saturated heterocycles. The summed E-state index contributed by atoms with van der Waals surface area (Å²) in [5, 5.41) is 6.36. The summed E-state index contributed by atoms with van der Waals surface area (Å²) < 4.78 is 0. The minimum Gasteiger partial charge on any atom is -0.354 e. The third-order valence-corrected chi connectivity index (χ3v) is 6.69. The van der Waals surface area contributed by atoms with E-state index in [9.17, 15) is 9.59 Å². The van der Waals surface area contributed by atoms with Gasteiger partial charge in [0.25, 0.3) is 0 Å². The highest BCUT2D eigenvalue weighted by atomic mass is 35.5. The van der Waals surface area contributed by atoms with Gasteiger partial charge < -0.3 is 15.5 Å². The maximum absolute atomic E-state index is 13.6. The third kappa shape index (κ3) is 5.32. The molecule has 2 aliphatic heterocycles. The zero-order valence-corrected chi connectivity index (χ0v) is 18.6. The molecule has 2 aliphatic rings. The Balaban J connectivity index is 0.00000300. The SMILES string of the molecule is CCC(CC)(C(=O)N1CCCC(CNC(=O)C2CCCN2)C1)c1ccccc1.Cl. The standard InChI is InChI=1S/C23H35N3O2.ClH/c1-3-23(4-2,19-11-6-5-7-12-19)22(28)26-15-9-10-18(17-26)16-25-21(27)20-13-8-14-24-20;/h5-7,11-12,18,20,24H,3-4,8-10,13-17H2,1-2H3,(H,25,27);1H. The highest BCUT2D eigenvalue weighted by Crippen LogP contribution is 2.35. The van der Waals surface area contributed by atoms with Gasteiger partial charge >= 0.3 is 0 Å². The molecule has 1 aromatic carbocycles. The maximum Gasteiger partial charge on any atom is 0.237 e. The van der Waals surface area contributed by atoms with Crippen molar-refractivity contribution in [3.8, 4) is 0 Å². The van der Waals surface area contributed by atoms with Gasteiger partial charge in [-0.3, -0.25) is 9.59 Å². The van der Waals surface area contributed by atoms with E-state index in [1.807, 2.05) is 23.1 Å². The maximum atomic E-state index is 13.6. The Morgan fingerprint density at radius 2 is 1.86 bits per heavy atom. The molecule has 0 spiro atoms. The van der Waals surface area contributed by atoms with Crippen molar-refractivity contribution in [3.63, 3.8) is 0 Å². The average molecular weight is 422 g/mol. The number of halogens is 1. The summed E-state index contributed by atoms with van der Waals surface area (Å²) in [6.07, 6.45) is 5.67. The number of nitrogens with zero attached hydrogens (tertiary/aromatic N) is 1. The first-order valence-corrected chi connectivity index (χ1v) is 11.0. The molecule has 2 heterocycles. The van der Waals surface area contributed by atoms with Crippen LogP contribution in [0.4, 0.5) is 0 Å². The molecule has 5 nitrogen and oxygen atoms in total. The van der Waals surface area contributed by atoms with Crippen LogP contribution >= 0.6 is 12.4 Å². The van der Waals surface area contributed by atoms with Crippen LogP contribution < -0.4 is 10.6 Å². The Kier molecular flexibility index (Phi) is 8.97. The second-order valence-electron chi connectivity index (χ2n) is 8.31. The van der Waals surface area contributed by atoms with Crippen LogP contribution in [0, 0.1) is 5.92 Å². The van der Waals surface area contributed by atoms with Crippen molar-refractivity contribution in [2.45, 2.75) is 63.8 Å². The number of benzene rings is 1. The van der Waals surface area contributed by atoms with Crippen molar-refractivity contribution < 1.29 is 9.59 Å². The first-order chi connectivity index (χ1) is 13.6. The van der Waals surface area contributed by atoms with Crippen molar-refractivity contribution in [2.24, 2.45) is 5.92 Å². The van der Waals surface area contributed by atoms with E-state index in [0.717, 1.165) is 63.7 Å². The van der Waals surface area contributed by atoms with Crippen molar-refractivity contribution in [1.82, 2.24) is 15.5 Å². The Bertz CT molecular complexity index is 657. The first-order valence-electron chi connectivity index (χ1n) is 11.0. The number of rotatable bonds is 7. The molecular weight excluding hydrogens is 386 g/mol. The number of carbonyl (C=O) groups is 2. The van der Waals surface area contributed by atoms with E-state index in [0.29, 0.717) is 12.5 Å². The highest BCUT2D eigenvalue weighted by Gasteiger charge is 2.41. The molecule has 2 N–H and O–H groups in total. The number of likely N-dealkylation sites (tertiary alicyclic amines) is 1. The summed E-state index contributed by atoms with van der Waals surface area (Å²) in [7, 11) is 0. The third-order valence-electron chi connectivity index (χ3n) is 6.69. The molecule has 0 saturated carbocycles. The fourth-order valence-electron chi connectivity index (χ4n) is 4.84. The zero-order chi connectivity index (χ0) is 20.0. The number of hydrogen-bond acceptors (Lipinski definition) is 3. The molecule has 6 heteroatoms. The van der Waals surface area contributed by atoms with Crippen LogP contribution in [-0.2, 0) is 15.0 Å². The molecular formula is C23H36ClN3O2. The summed E-state index contributed by atoms with van der Waals surface area (Å²) in [6, 6.07) is 10.2.